The second-order valence-electron chi connectivity index (χ2n) is 8.03. The van der Waals surface area contributed by atoms with Gasteiger partial charge in [0.25, 0.3) is 0 Å². The molecule has 5 N–H and O–H groups in total. The minimum absolute atomic E-state index is 0.0671. The molecule has 0 radical (unpaired) electrons. The van der Waals surface area contributed by atoms with Crippen LogP contribution >= 0.6 is 0 Å². The Bertz CT molecular complexity index is 890. The Morgan fingerprint density at radius 1 is 1.21 bits per heavy atom. The normalized spacial score (nSPS) is 18.5. The fraction of sp³-hybridized carbons (Fsp3) is 0.476. The summed E-state index contributed by atoms with van der Waals surface area (Å²) in [5.41, 5.74) is 8.60. The van der Waals surface area contributed by atoms with Gasteiger partial charge in [-0.05, 0) is 38.0 Å². The molecule has 8 nitrogen and oxygen atoms in total. The summed E-state index contributed by atoms with van der Waals surface area (Å²) >= 11 is 0. The van der Waals surface area contributed by atoms with E-state index in [2.05, 4.69) is 26.7 Å². The number of piperazine rings is 1. The molecule has 2 fully saturated rings. The third-order valence-electron chi connectivity index (χ3n) is 5.67. The van der Waals surface area contributed by atoms with Gasteiger partial charge in [0.15, 0.2) is 0 Å². The molecule has 0 unspecified atom stereocenters. The number of β-amino-alcohol motifs (C(OH)–C–C–N with tert-alkyl or cyclic N) is 1. The molecule has 2 aromatic rings. The van der Waals surface area contributed by atoms with E-state index in [1.165, 1.54) is 0 Å². The topological polar surface area (TPSA) is 113 Å². The fourth-order valence-electron chi connectivity index (χ4n) is 3.54. The Morgan fingerprint density at radius 2 is 1.97 bits per heavy atom. The third kappa shape index (κ3) is 4.49. The van der Waals surface area contributed by atoms with Gasteiger partial charge in [-0.3, -0.25) is 10.3 Å². The molecule has 1 aliphatic heterocycles. The zero-order valence-corrected chi connectivity index (χ0v) is 16.8. The molecule has 0 spiro atoms. The van der Waals surface area contributed by atoms with Gasteiger partial charge in [-0.25, -0.2) is 9.97 Å². The summed E-state index contributed by atoms with van der Waals surface area (Å²) in [7, 11) is 0. The van der Waals surface area contributed by atoms with E-state index in [0.717, 1.165) is 56.2 Å². The second kappa shape index (κ2) is 7.96. The Kier molecular flexibility index (Phi) is 5.38. The van der Waals surface area contributed by atoms with Crippen molar-refractivity contribution in [3.8, 4) is 5.75 Å². The average Bonchev–Trinajstić information content (AvgIpc) is 3.46. The first-order chi connectivity index (χ1) is 14.0. The van der Waals surface area contributed by atoms with Crippen molar-refractivity contribution in [3.63, 3.8) is 0 Å². The molecule has 1 saturated heterocycles. The highest BCUT2D eigenvalue weighted by Gasteiger charge is 2.40. The number of aliphatic hydroxyl groups is 1. The van der Waals surface area contributed by atoms with Crippen LogP contribution in [0.3, 0.4) is 0 Å². The van der Waals surface area contributed by atoms with Crippen LogP contribution in [0, 0.1) is 0 Å². The van der Waals surface area contributed by atoms with Crippen molar-refractivity contribution in [3.05, 3.63) is 41.9 Å². The van der Waals surface area contributed by atoms with Crippen LogP contribution < -0.4 is 20.8 Å². The number of benzene rings is 1. The number of aromatic nitrogens is 2. The summed E-state index contributed by atoms with van der Waals surface area (Å²) < 4.78 is 6.06. The van der Waals surface area contributed by atoms with E-state index in [4.69, 9.17) is 21.0 Å². The van der Waals surface area contributed by atoms with Crippen LogP contribution in [0.2, 0.25) is 0 Å². The minimum Gasteiger partial charge on any atom is -0.488 e. The summed E-state index contributed by atoms with van der Waals surface area (Å²) in [6.45, 7) is 6.48. The van der Waals surface area contributed by atoms with Crippen molar-refractivity contribution in [2.24, 2.45) is 0 Å². The van der Waals surface area contributed by atoms with E-state index in [-0.39, 0.29) is 12.2 Å². The van der Waals surface area contributed by atoms with E-state index in [9.17, 15) is 0 Å². The van der Waals surface area contributed by atoms with Crippen molar-refractivity contribution in [1.29, 1.82) is 0 Å². The molecule has 1 aliphatic carbocycles. The number of aliphatic hydroxyl groups excluding tert-OH is 1. The van der Waals surface area contributed by atoms with Crippen LogP contribution in [-0.2, 0) is 0 Å². The molecular weight excluding hydrogens is 368 g/mol. The summed E-state index contributed by atoms with van der Waals surface area (Å²) in [6.07, 6.45) is 3.67. The number of rotatable bonds is 7. The quantitative estimate of drug-likeness (QED) is 0.434. The van der Waals surface area contributed by atoms with Crippen LogP contribution in [0.5, 0.6) is 5.75 Å². The highest BCUT2D eigenvalue weighted by molar-refractivity contribution is 6.11. The van der Waals surface area contributed by atoms with E-state index in [0.29, 0.717) is 23.6 Å². The van der Waals surface area contributed by atoms with Crippen LogP contribution in [0.1, 0.15) is 31.0 Å². The predicted molar refractivity (Wildman–Crippen MR) is 112 cm³/mol. The van der Waals surface area contributed by atoms with Crippen LogP contribution in [-0.4, -0.2) is 70.6 Å². The number of nitrogen functional groups attached to an aromatic ring is 1. The monoisotopic (exact) mass is 397 g/mol. The van der Waals surface area contributed by atoms with Gasteiger partial charge in [0, 0.05) is 44.5 Å². The van der Waals surface area contributed by atoms with Crippen molar-refractivity contribution in [1.82, 2.24) is 14.9 Å². The number of ether oxygens (including phenoxy) is 1. The first-order valence-electron chi connectivity index (χ1n) is 10.1. The molecule has 0 amide bonds. The van der Waals surface area contributed by atoms with Gasteiger partial charge in [0.2, 0.25) is 5.71 Å². The lowest BCUT2D eigenvalue weighted by molar-refractivity contribution is -0.111. The minimum atomic E-state index is -0.0671. The molecule has 29 heavy (non-hydrogen) atoms. The molecule has 1 saturated carbocycles. The van der Waals surface area contributed by atoms with Gasteiger partial charge in [0.05, 0.1) is 12.2 Å². The third-order valence-corrected chi connectivity index (χ3v) is 5.67. The number of anilines is 2. The van der Waals surface area contributed by atoms with Gasteiger partial charge in [-0.1, -0.05) is 0 Å². The van der Waals surface area contributed by atoms with Crippen LogP contribution in [0.25, 0.3) is 0 Å². The summed E-state index contributed by atoms with van der Waals surface area (Å²) in [5.74, 6) is 1.62. The molecule has 8 heteroatoms. The van der Waals surface area contributed by atoms with E-state index >= 15 is 0 Å². The largest absolute Gasteiger partial charge is 0.488 e. The van der Waals surface area contributed by atoms with Crippen molar-refractivity contribution < 1.29 is 15.3 Å². The summed E-state index contributed by atoms with van der Waals surface area (Å²) in [4.78, 5) is 13.3. The zero-order valence-electron chi connectivity index (χ0n) is 16.8. The lowest BCUT2D eigenvalue weighted by Crippen LogP contribution is -2.47. The highest BCUT2D eigenvalue weighted by Crippen LogP contribution is 2.40. The Balaban J connectivity index is 1.51. The van der Waals surface area contributed by atoms with Gasteiger partial charge in [-0.15, -0.1) is 0 Å². The lowest BCUT2D eigenvalue weighted by Gasteiger charge is -2.35. The van der Waals surface area contributed by atoms with Crippen molar-refractivity contribution >= 4 is 17.2 Å². The molecule has 1 aromatic carbocycles. The maximum atomic E-state index is 9.10. The lowest BCUT2D eigenvalue weighted by atomic mass is 10.0. The van der Waals surface area contributed by atoms with Gasteiger partial charge < -0.3 is 20.5 Å². The van der Waals surface area contributed by atoms with Gasteiger partial charge in [-0.2, -0.15) is 0 Å². The number of hydrogen-bond acceptors (Lipinski definition) is 7. The second-order valence-corrected chi connectivity index (χ2v) is 8.03. The smallest absolute Gasteiger partial charge is 0.232 e. The van der Waals surface area contributed by atoms with Crippen molar-refractivity contribution in [2.75, 3.05) is 50.0 Å². The van der Waals surface area contributed by atoms with E-state index < -0.39 is 0 Å². The SMILES string of the molecule is CC1(Oc2ccc(N)c(C(=[NH2+])c3cc(N4CCN(CCO)CC4)ncn3)c2)CC1. The number of nitrogens with two attached hydrogens (primary N) is 2. The molecule has 2 aliphatic rings. The Hall–Kier alpha value is -2.71. The molecule has 0 atom stereocenters. The molecular formula is C21H29N6O2+. The highest BCUT2D eigenvalue weighted by atomic mass is 16.5. The van der Waals surface area contributed by atoms with Crippen LogP contribution in [0.4, 0.5) is 11.5 Å². The fourth-order valence-corrected chi connectivity index (χ4v) is 3.54. The first-order valence-corrected chi connectivity index (χ1v) is 10.1. The van der Waals surface area contributed by atoms with E-state index in [1.54, 1.807) is 6.33 Å². The summed E-state index contributed by atoms with van der Waals surface area (Å²) in [6, 6.07) is 7.51. The number of hydrogen-bond donors (Lipinski definition) is 3. The zero-order chi connectivity index (χ0) is 20.4. The number of nitrogens with zero attached hydrogens (tertiary/aromatic N) is 4. The molecule has 4 rings (SSSR count). The average molecular weight is 398 g/mol. The first kappa shape index (κ1) is 19.6. The molecule has 2 heterocycles. The maximum Gasteiger partial charge on any atom is 0.232 e. The van der Waals surface area contributed by atoms with E-state index in [1.807, 2.05) is 24.3 Å². The molecule has 154 valence electrons. The van der Waals surface area contributed by atoms with Gasteiger partial charge >= 0.3 is 0 Å². The maximum absolute atomic E-state index is 9.10. The standard InChI is InChI=1S/C21H28N6O2/c1-21(4-5-21)29-15-2-3-17(22)16(12-15)20(23)18-13-19(25-14-24-18)27-8-6-26(7-9-27)10-11-28/h2-3,12-14,23,28H,4-11,22H2,1H3/p+1. The summed E-state index contributed by atoms with van der Waals surface area (Å²) in [5, 5.41) is 15.6. The van der Waals surface area contributed by atoms with Crippen molar-refractivity contribution in [2.45, 2.75) is 25.4 Å². The van der Waals surface area contributed by atoms with Crippen LogP contribution in [0.15, 0.2) is 30.6 Å². The van der Waals surface area contributed by atoms with Gasteiger partial charge in [0.1, 0.15) is 29.2 Å². The Labute approximate surface area is 170 Å². The Morgan fingerprint density at radius 3 is 2.66 bits per heavy atom. The predicted octanol–water partition coefficient (Wildman–Crippen LogP) is -0.299. The molecule has 1 aromatic heterocycles. The molecule has 0 bridgehead atoms.